The number of hydrogen-bond donors (Lipinski definition) is 1. The zero-order valence-electron chi connectivity index (χ0n) is 14.3. The Bertz CT molecular complexity index is 834. The third-order valence-electron chi connectivity index (χ3n) is 5.12. The lowest BCUT2D eigenvalue weighted by atomic mass is 9.89. The van der Waals surface area contributed by atoms with Gasteiger partial charge in [0.25, 0.3) is 5.91 Å². The number of aromatic nitrogens is 2. The molecule has 1 N–H and O–H groups in total. The summed E-state index contributed by atoms with van der Waals surface area (Å²) in [5, 5.41) is 3.98. The number of thiazole rings is 1. The van der Waals surface area contributed by atoms with Crippen LogP contribution < -0.4 is 0 Å². The molecule has 0 bridgehead atoms. The average Bonchev–Trinajstić information content (AvgIpc) is 3.31. The number of para-hydroxylation sites is 1. The molecule has 1 aromatic carbocycles. The summed E-state index contributed by atoms with van der Waals surface area (Å²) >= 11 is 1.62. The monoisotopic (exact) mass is 353 g/mol. The van der Waals surface area contributed by atoms with Crippen LogP contribution in [-0.4, -0.2) is 27.3 Å². The predicted molar refractivity (Wildman–Crippen MR) is 102 cm³/mol. The highest BCUT2D eigenvalue weighted by molar-refractivity contribution is 7.09. The van der Waals surface area contributed by atoms with Crippen molar-refractivity contribution in [2.24, 2.45) is 5.92 Å². The summed E-state index contributed by atoms with van der Waals surface area (Å²) in [6, 6.07) is 8.00. The molecule has 5 heteroatoms. The van der Waals surface area contributed by atoms with Gasteiger partial charge in [-0.05, 0) is 24.8 Å². The molecule has 0 aliphatic heterocycles. The molecule has 0 saturated heterocycles. The van der Waals surface area contributed by atoms with Gasteiger partial charge in [0, 0.05) is 35.2 Å². The van der Waals surface area contributed by atoms with Gasteiger partial charge in [-0.1, -0.05) is 37.5 Å². The van der Waals surface area contributed by atoms with E-state index in [1.54, 1.807) is 11.3 Å². The SMILES string of the molecule is O=C(c1c[nH]c2ccccc12)N(Cc1nccs1)CC1CCCCC1. The molecule has 4 rings (SSSR count). The van der Waals surface area contributed by atoms with Crippen LogP contribution >= 0.6 is 11.3 Å². The largest absolute Gasteiger partial charge is 0.360 e. The lowest BCUT2D eigenvalue weighted by Gasteiger charge is -2.29. The van der Waals surface area contributed by atoms with Crippen molar-refractivity contribution in [1.29, 1.82) is 0 Å². The van der Waals surface area contributed by atoms with Crippen molar-refractivity contribution in [3.8, 4) is 0 Å². The van der Waals surface area contributed by atoms with E-state index >= 15 is 0 Å². The molecule has 2 aromatic heterocycles. The topological polar surface area (TPSA) is 49.0 Å². The minimum Gasteiger partial charge on any atom is -0.360 e. The summed E-state index contributed by atoms with van der Waals surface area (Å²) in [4.78, 5) is 22.9. The number of rotatable bonds is 5. The van der Waals surface area contributed by atoms with Gasteiger partial charge in [-0.15, -0.1) is 11.3 Å². The average molecular weight is 353 g/mol. The van der Waals surface area contributed by atoms with E-state index in [0.717, 1.165) is 28.0 Å². The fourth-order valence-corrected chi connectivity index (χ4v) is 4.44. The van der Waals surface area contributed by atoms with Gasteiger partial charge in [-0.25, -0.2) is 4.98 Å². The Labute approximate surface area is 151 Å². The van der Waals surface area contributed by atoms with Crippen molar-refractivity contribution < 1.29 is 4.79 Å². The van der Waals surface area contributed by atoms with Crippen LogP contribution in [0.2, 0.25) is 0 Å². The van der Waals surface area contributed by atoms with Gasteiger partial charge in [0.15, 0.2) is 0 Å². The Morgan fingerprint density at radius 2 is 2.08 bits per heavy atom. The van der Waals surface area contributed by atoms with E-state index in [1.165, 1.54) is 32.1 Å². The van der Waals surface area contributed by atoms with E-state index in [9.17, 15) is 4.79 Å². The van der Waals surface area contributed by atoms with E-state index in [0.29, 0.717) is 12.5 Å². The summed E-state index contributed by atoms with van der Waals surface area (Å²) < 4.78 is 0. The van der Waals surface area contributed by atoms with Crippen LogP contribution in [0.25, 0.3) is 10.9 Å². The number of carbonyl (C=O) groups excluding carboxylic acids is 1. The fourth-order valence-electron chi connectivity index (χ4n) is 3.81. The summed E-state index contributed by atoms with van der Waals surface area (Å²) in [6.45, 7) is 1.43. The van der Waals surface area contributed by atoms with Crippen LogP contribution in [0.3, 0.4) is 0 Å². The quantitative estimate of drug-likeness (QED) is 0.713. The molecular formula is C20H23N3OS. The molecule has 0 unspecified atom stereocenters. The minimum atomic E-state index is 0.109. The number of benzene rings is 1. The maximum absolute atomic E-state index is 13.3. The normalized spacial score (nSPS) is 15.5. The van der Waals surface area contributed by atoms with E-state index < -0.39 is 0 Å². The van der Waals surface area contributed by atoms with Crippen LogP contribution in [0.5, 0.6) is 0 Å². The molecular weight excluding hydrogens is 330 g/mol. The highest BCUT2D eigenvalue weighted by Crippen LogP contribution is 2.27. The highest BCUT2D eigenvalue weighted by Gasteiger charge is 2.24. The maximum Gasteiger partial charge on any atom is 0.256 e. The molecule has 3 aromatic rings. The second-order valence-electron chi connectivity index (χ2n) is 6.86. The third-order valence-corrected chi connectivity index (χ3v) is 5.88. The van der Waals surface area contributed by atoms with E-state index in [-0.39, 0.29) is 5.91 Å². The lowest BCUT2D eigenvalue weighted by Crippen LogP contribution is -2.35. The summed E-state index contributed by atoms with van der Waals surface area (Å²) in [5.41, 5.74) is 1.78. The van der Waals surface area contributed by atoms with Crippen LogP contribution in [0.15, 0.2) is 42.0 Å². The lowest BCUT2D eigenvalue weighted by molar-refractivity contribution is 0.0701. The molecule has 1 saturated carbocycles. The van der Waals surface area contributed by atoms with E-state index in [4.69, 9.17) is 0 Å². The van der Waals surface area contributed by atoms with Gasteiger partial charge >= 0.3 is 0 Å². The first kappa shape index (κ1) is 16.3. The standard InChI is InChI=1S/C20H23N3OS/c24-20(17-12-22-18-9-5-4-8-16(17)18)23(14-19-21-10-11-25-19)13-15-6-2-1-3-7-15/h4-5,8-12,15,22H,1-3,6-7,13-14H2. The maximum atomic E-state index is 13.3. The second kappa shape index (κ2) is 7.40. The predicted octanol–water partition coefficient (Wildman–Crippen LogP) is 4.85. The first-order valence-electron chi connectivity index (χ1n) is 9.05. The molecule has 0 atom stereocenters. The van der Waals surface area contributed by atoms with E-state index in [2.05, 4.69) is 9.97 Å². The Balaban J connectivity index is 1.60. The summed E-state index contributed by atoms with van der Waals surface area (Å²) in [6.07, 6.45) is 10.0. The summed E-state index contributed by atoms with van der Waals surface area (Å²) in [7, 11) is 0. The molecule has 1 fully saturated rings. The highest BCUT2D eigenvalue weighted by atomic mass is 32.1. The van der Waals surface area contributed by atoms with Crippen LogP contribution in [0.1, 0.15) is 47.5 Å². The second-order valence-corrected chi connectivity index (χ2v) is 7.84. The van der Waals surface area contributed by atoms with E-state index in [1.807, 2.05) is 46.9 Å². The van der Waals surface area contributed by atoms with Crippen molar-refractivity contribution in [3.63, 3.8) is 0 Å². The Kier molecular flexibility index (Phi) is 4.83. The van der Waals surface area contributed by atoms with Gasteiger partial charge in [-0.2, -0.15) is 0 Å². The number of nitrogens with zero attached hydrogens (tertiary/aromatic N) is 2. The molecule has 1 amide bonds. The zero-order valence-corrected chi connectivity index (χ0v) is 15.1. The number of H-pyrrole nitrogens is 1. The number of hydrogen-bond acceptors (Lipinski definition) is 3. The fraction of sp³-hybridized carbons (Fsp3) is 0.400. The molecule has 1 aliphatic rings. The molecule has 0 spiro atoms. The molecule has 25 heavy (non-hydrogen) atoms. The molecule has 0 radical (unpaired) electrons. The van der Waals surface area contributed by atoms with Crippen molar-refractivity contribution in [3.05, 3.63) is 52.6 Å². The third kappa shape index (κ3) is 3.61. The molecule has 1 aliphatic carbocycles. The molecule has 4 nitrogen and oxygen atoms in total. The Morgan fingerprint density at radius 3 is 2.88 bits per heavy atom. The van der Waals surface area contributed by atoms with Crippen molar-refractivity contribution in [2.75, 3.05) is 6.54 Å². The number of carbonyl (C=O) groups is 1. The van der Waals surface area contributed by atoms with Gasteiger partial charge < -0.3 is 9.88 Å². The first-order valence-corrected chi connectivity index (χ1v) is 9.93. The van der Waals surface area contributed by atoms with Gasteiger partial charge in [-0.3, -0.25) is 4.79 Å². The van der Waals surface area contributed by atoms with Gasteiger partial charge in [0.05, 0.1) is 12.1 Å². The summed E-state index contributed by atoms with van der Waals surface area (Å²) in [5.74, 6) is 0.723. The Morgan fingerprint density at radius 1 is 1.24 bits per heavy atom. The Hall–Kier alpha value is -2.14. The van der Waals surface area contributed by atoms with Crippen LogP contribution in [0, 0.1) is 5.92 Å². The number of nitrogens with one attached hydrogen (secondary N) is 1. The van der Waals surface area contributed by atoms with Gasteiger partial charge in [0.1, 0.15) is 5.01 Å². The zero-order chi connectivity index (χ0) is 17.1. The molecule has 130 valence electrons. The number of amides is 1. The van der Waals surface area contributed by atoms with Crippen molar-refractivity contribution >= 4 is 28.1 Å². The van der Waals surface area contributed by atoms with Crippen molar-refractivity contribution in [1.82, 2.24) is 14.9 Å². The minimum absolute atomic E-state index is 0.109. The van der Waals surface area contributed by atoms with Crippen molar-refractivity contribution in [2.45, 2.75) is 38.6 Å². The smallest absolute Gasteiger partial charge is 0.256 e. The molecule has 2 heterocycles. The first-order chi connectivity index (χ1) is 12.3. The number of fused-ring (bicyclic) bond motifs is 1. The van der Waals surface area contributed by atoms with Gasteiger partial charge in [0.2, 0.25) is 0 Å². The van der Waals surface area contributed by atoms with Crippen LogP contribution in [-0.2, 0) is 6.54 Å². The van der Waals surface area contributed by atoms with Crippen LogP contribution in [0.4, 0.5) is 0 Å². The number of aromatic amines is 1.